The zero-order valence-electron chi connectivity index (χ0n) is 15.0. The smallest absolute Gasteiger partial charge is 0.260 e. The molecule has 0 radical (unpaired) electrons. The van der Waals surface area contributed by atoms with Gasteiger partial charge in [-0.25, -0.2) is 8.42 Å². The highest BCUT2D eigenvalue weighted by atomic mass is 35.5. The van der Waals surface area contributed by atoms with Crippen molar-refractivity contribution in [3.8, 4) is 5.75 Å². The number of ether oxygens (including phenoxy) is 1. The topological polar surface area (TPSA) is 66.9 Å². The summed E-state index contributed by atoms with van der Waals surface area (Å²) in [6.07, 6.45) is 3.78. The summed E-state index contributed by atoms with van der Waals surface area (Å²) < 4.78 is 32.1. The van der Waals surface area contributed by atoms with Crippen LogP contribution < -0.4 is 4.74 Å². The fraction of sp³-hybridized carbons (Fsp3) is 0.611. The normalized spacial score (nSPS) is 19.7. The standard InChI is InChI=1S/C18H25ClN2O4S/c1-14-6-10-20(11-7-14)18(22)13-25-17-5-4-15(12-16(17)19)26(23,24)21-8-2-3-9-21/h4-5,12,14H,2-3,6-11,13H2,1H3. The van der Waals surface area contributed by atoms with Crippen molar-refractivity contribution in [2.75, 3.05) is 32.8 Å². The molecule has 0 N–H and O–H groups in total. The van der Waals surface area contributed by atoms with Crippen LogP contribution in [-0.4, -0.2) is 56.3 Å². The van der Waals surface area contributed by atoms with Crippen LogP contribution in [0.4, 0.5) is 0 Å². The summed E-state index contributed by atoms with van der Waals surface area (Å²) in [5.74, 6) is 0.909. The Morgan fingerprint density at radius 2 is 1.85 bits per heavy atom. The van der Waals surface area contributed by atoms with Crippen molar-refractivity contribution in [2.45, 2.75) is 37.5 Å². The van der Waals surface area contributed by atoms with Crippen molar-refractivity contribution < 1.29 is 17.9 Å². The molecular formula is C18H25ClN2O4S. The molecular weight excluding hydrogens is 376 g/mol. The molecule has 0 atom stereocenters. The molecule has 0 aliphatic carbocycles. The predicted molar refractivity (Wildman–Crippen MR) is 99.9 cm³/mol. The lowest BCUT2D eigenvalue weighted by Crippen LogP contribution is -2.40. The van der Waals surface area contributed by atoms with Crippen LogP contribution in [0.1, 0.15) is 32.6 Å². The number of likely N-dealkylation sites (tertiary alicyclic amines) is 1. The average Bonchev–Trinajstić information content (AvgIpc) is 3.16. The van der Waals surface area contributed by atoms with Gasteiger partial charge in [0.05, 0.1) is 9.92 Å². The Hall–Kier alpha value is -1.31. The van der Waals surface area contributed by atoms with E-state index in [4.69, 9.17) is 16.3 Å². The minimum Gasteiger partial charge on any atom is -0.482 e. The maximum atomic E-state index is 12.6. The zero-order valence-corrected chi connectivity index (χ0v) is 16.6. The first-order valence-corrected chi connectivity index (χ1v) is 10.9. The van der Waals surface area contributed by atoms with Gasteiger partial charge in [-0.3, -0.25) is 4.79 Å². The summed E-state index contributed by atoms with van der Waals surface area (Å²) in [4.78, 5) is 14.2. The van der Waals surface area contributed by atoms with Crippen molar-refractivity contribution in [1.82, 2.24) is 9.21 Å². The van der Waals surface area contributed by atoms with E-state index in [0.29, 0.717) is 24.8 Å². The van der Waals surface area contributed by atoms with Gasteiger partial charge in [0, 0.05) is 26.2 Å². The molecule has 3 rings (SSSR count). The van der Waals surface area contributed by atoms with E-state index in [-0.39, 0.29) is 22.4 Å². The summed E-state index contributed by atoms with van der Waals surface area (Å²) in [5, 5.41) is 0.199. The quantitative estimate of drug-likeness (QED) is 0.762. The van der Waals surface area contributed by atoms with Gasteiger partial charge in [0.25, 0.3) is 5.91 Å². The van der Waals surface area contributed by atoms with Crippen LogP contribution in [0.5, 0.6) is 5.75 Å². The molecule has 0 bridgehead atoms. The van der Waals surface area contributed by atoms with E-state index in [1.54, 1.807) is 4.90 Å². The highest BCUT2D eigenvalue weighted by molar-refractivity contribution is 7.89. The summed E-state index contributed by atoms with van der Waals surface area (Å²) in [5.41, 5.74) is 0. The number of piperidine rings is 1. The first kappa shape index (κ1) is 19.5. The third-order valence-electron chi connectivity index (χ3n) is 5.09. The Labute approximate surface area is 160 Å². The average molecular weight is 401 g/mol. The molecule has 2 aliphatic rings. The van der Waals surface area contributed by atoms with E-state index in [1.165, 1.54) is 22.5 Å². The molecule has 0 spiro atoms. The fourth-order valence-corrected chi connectivity index (χ4v) is 5.17. The van der Waals surface area contributed by atoms with Crippen LogP contribution in [0.2, 0.25) is 5.02 Å². The van der Waals surface area contributed by atoms with Gasteiger partial charge in [-0.2, -0.15) is 4.31 Å². The second kappa shape index (κ2) is 8.15. The van der Waals surface area contributed by atoms with Gasteiger partial charge in [0.2, 0.25) is 10.0 Å². The van der Waals surface area contributed by atoms with Gasteiger partial charge in [-0.15, -0.1) is 0 Å². The lowest BCUT2D eigenvalue weighted by atomic mass is 9.99. The number of hydrogen-bond donors (Lipinski definition) is 0. The van der Waals surface area contributed by atoms with Crippen molar-refractivity contribution in [1.29, 1.82) is 0 Å². The molecule has 26 heavy (non-hydrogen) atoms. The summed E-state index contributed by atoms with van der Waals surface area (Å²) in [7, 11) is -3.51. The summed E-state index contributed by atoms with van der Waals surface area (Å²) in [6, 6.07) is 4.41. The summed E-state index contributed by atoms with van der Waals surface area (Å²) in [6.45, 7) is 4.69. The number of rotatable bonds is 5. The van der Waals surface area contributed by atoms with Crippen molar-refractivity contribution in [2.24, 2.45) is 5.92 Å². The van der Waals surface area contributed by atoms with Crippen molar-refractivity contribution in [3.05, 3.63) is 23.2 Å². The molecule has 1 aromatic rings. The first-order chi connectivity index (χ1) is 12.4. The molecule has 2 saturated heterocycles. The van der Waals surface area contributed by atoms with Crippen LogP contribution in [0.15, 0.2) is 23.1 Å². The number of amides is 1. The predicted octanol–water partition coefficient (Wildman–Crippen LogP) is 2.76. The Kier molecular flexibility index (Phi) is 6.10. The third-order valence-corrected chi connectivity index (χ3v) is 7.28. The highest BCUT2D eigenvalue weighted by Gasteiger charge is 2.28. The maximum absolute atomic E-state index is 12.6. The summed E-state index contributed by atoms with van der Waals surface area (Å²) >= 11 is 6.20. The monoisotopic (exact) mass is 400 g/mol. The molecule has 2 aliphatic heterocycles. The Balaban J connectivity index is 1.62. The van der Waals surface area contributed by atoms with Gasteiger partial charge < -0.3 is 9.64 Å². The molecule has 2 heterocycles. The van der Waals surface area contributed by atoms with E-state index >= 15 is 0 Å². The second-order valence-electron chi connectivity index (χ2n) is 7.06. The molecule has 0 saturated carbocycles. The number of carbonyl (C=O) groups excluding carboxylic acids is 1. The Bertz CT molecular complexity index is 754. The Morgan fingerprint density at radius 1 is 1.19 bits per heavy atom. The largest absolute Gasteiger partial charge is 0.482 e. The van der Waals surface area contributed by atoms with E-state index in [2.05, 4.69) is 6.92 Å². The molecule has 6 nitrogen and oxygen atoms in total. The molecule has 1 amide bonds. The third kappa shape index (κ3) is 4.32. The van der Waals surface area contributed by atoms with Crippen molar-refractivity contribution in [3.63, 3.8) is 0 Å². The van der Waals surface area contributed by atoms with E-state index < -0.39 is 10.0 Å². The van der Waals surface area contributed by atoms with Gasteiger partial charge in [-0.05, 0) is 49.8 Å². The van der Waals surface area contributed by atoms with Gasteiger partial charge in [-0.1, -0.05) is 18.5 Å². The molecule has 8 heteroatoms. The van der Waals surface area contributed by atoms with Crippen LogP contribution in [0.25, 0.3) is 0 Å². The number of halogens is 1. The van der Waals surface area contributed by atoms with Crippen LogP contribution in [0, 0.1) is 5.92 Å². The van der Waals surface area contributed by atoms with Crippen molar-refractivity contribution >= 4 is 27.5 Å². The lowest BCUT2D eigenvalue weighted by Gasteiger charge is -2.30. The number of sulfonamides is 1. The highest BCUT2D eigenvalue weighted by Crippen LogP contribution is 2.30. The molecule has 144 valence electrons. The first-order valence-electron chi connectivity index (χ1n) is 9.08. The van der Waals surface area contributed by atoms with E-state index in [1.807, 2.05) is 0 Å². The van der Waals surface area contributed by atoms with E-state index in [9.17, 15) is 13.2 Å². The van der Waals surface area contributed by atoms with Gasteiger partial charge in [0.1, 0.15) is 5.75 Å². The molecule has 0 aromatic heterocycles. The number of nitrogens with zero attached hydrogens (tertiary/aromatic N) is 2. The zero-order chi connectivity index (χ0) is 18.7. The number of benzene rings is 1. The SMILES string of the molecule is CC1CCN(C(=O)COc2ccc(S(=O)(=O)N3CCCC3)cc2Cl)CC1. The number of carbonyl (C=O) groups is 1. The second-order valence-corrected chi connectivity index (χ2v) is 9.40. The van der Waals surface area contributed by atoms with Crippen LogP contribution in [0.3, 0.4) is 0 Å². The maximum Gasteiger partial charge on any atom is 0.260 e. The van der Waals surface area contributed by atoms with Crippen LogP contribution >= 0.6 is 11.6 Å². The molecule has 1 aromatic carbocycles. The van der Waals surface area contributed by atoms with Crippen LogP contribution in [-0.2, 0) is 14.8 Å². The van der Waals surface area contributed by atoms with Gasteiger partial charge in [0.15, 0.2) is 6.61 Å². The van der Waals surface area contributed by atoms with Gasteiger partial charge >= 0.3 is 0 Å². The fourth-order valence-electron chi connectivity index (χ4n) is 3.33. The lowest BCUT2D eigenvalue weighted by molar-refractivity contribution is -0.134. The van der Waals surface area contributed by atoms with E-state index in [0.717, 1.165) is 38.8 Å². The minimum absolute atomic E-state index is 0.0678. The number of hydrogen-bond acceptors (Lipinski definition) is 4. The molecule has 2 fully saturated rings. The Morgan fingerprint density at radius 3 is 2.46 bits per heavy atom. The molecule has 0 unspecified atom stereocenters. The minimum atomic E-state index is -3.51.